The smallest absolute Gasteiger partial charge is 0.241 e. The quantitative estimate of drug-likeness (QED) is 0.658. The molecular weight excluding hydrogens is 196 g/mol. The minimum Gasteiger partial charge on any atom is -0.329 e. The zero-order valence-electron chi connectivity index (χ0n) is 8.82. The molecule has 0 spiro atoms. The standard InChI is InChI=1S/C10H18N2OS/c1-10(2)8(11)9(13)12-6-4-3-5-7(12)14-10/h7-8H,3-6,11H2,1-2H3/t7-,8+/m0/s1. The van der Waals surface area contributed by atoms with Gasteiger partial charge in [0.05, 0.1) is 11.4 Å². The molecule has 14 heavy (non-hydrogen) atoms. The van der Waals surface area contributed by atoms with Gasteiger partial charge in [-0.25, -0.2) is 0 Å². The number of nitrogens with two attached hydrogens (primary N) is 1. The number of nitrogens with zero attached hydrogens (tertiary/aromatic N) is 1. The van der Waals surface area contributed by atoms with E-state index in [-0.39, 0.29) is 16.7 Å². The third-order valence-electron chi connectivity index (χ3n) is 3.19. The zero-order chi connectivity index (χ0) is 10.3. The number of carbonyl (C=O) groups is 1. The van der Waals surface area contributed by atoms with E-state index >= 15 is 0 Å². The van der Waals surface area contributed by atoms with Gasteiger partial charge in [-0.15, -0.1) is 11.8 Å². The van der Waals surface area contributed by atoms with Crippen LogP contribution in [0.3, 0.4) is 0 Å². The lowest BCUT2D eigenvalue weighted by Crippen LogP contribution is -2.62. The van der Waals surface area contributed by atoms with Crippen molar-refractivity contribution in [2.45, 2.75) is 49.3 Å². The molecule has 0 aromatic carbocycles. The van der Waals surface area contributed by atoms with Gasteiger partial charge < -0.3 is 10.6 Å². The molecule has 2 atom stereocenters. The Morgan fingerprint density at radius 1 is 1.50 bits per heavy atom. The van der Waals surface area contributed by atoms with Crippen molar-refractivity contribution < 1.29 is 4.79 Å². The molecule has 0 aromatic rings. The first-order valence-electron chi connectivity index (χ1n) is 5.26. The van der Waals surface area contributed by atoms with Crippen LogP contribution in [-0.2, 0) is 4.79 Å². The van der Waals surface area contributed by atoms with Crippen LogP contribution < -0.4 is 5.73 Å². The average Bonchev–Trinajstić information content (AvgIpc) is 2.14. The summed E-state index contributed by atoms with van der Waals surface area (Å²) in [5, 5.41) is 0.381. The number of rotatable bonds is 0. The van der Waals surface area contributed by atoms with Crippen molar-refractivity contribution in [1.82, 2.24) is 4.90 Å². The highest BCUT2D eigenvalue weighted by molar-refractivity contribution is 8.01. The fourth-order valence-corrected chi connectivity index (χ4v) is 3.75. The van der Waals surface area contributed by atoms with Crippen molar-refractivity contribution in [2.24, 2.45) is 5.73 Å². The molecule has 2 rings (SSSR count). The highest BCUT2D eigenvalue weighted by Gasteiger charge is 2.45. The molecule has 2 fully saturated rings. The van der Waals surface area contributed by atoms with Crippen LogP contribution in [0.2, 0.25) is 0 Å². The topological polar surface area (TPSA) is 46.3 Å². The lowest BCUT2D eigenvalue weighted by Gasteiger charge is -2.48. The van der Waals surface area contributed by atoms with Gasteiger partial charge >= 0.3 is 0 Å². The molecule has 2 heterocycles. The number of amides is 1. The molecule has 0 saturated carbocycles. The molecule has 0 bridgehead atoms. The van der Waals surface area contributed by atoms with Crippen molar-refractivity contribution in [3.05, 3.63) is 0 Å². The van der Waals surface area contributed by atoms with Gasteiger partial charge in [0, 0.05) is 11.3 Å². The Morgan fingerprint density at radius 3 is 2.93 bits per heavy atom. The van der Waals surface area contributed by atoms with E-state index in [2.05, 4.69) is 13.8 Å². The first-order valence-corrected chi connectivity index (χ1v) is 6.14. The Hall–Kier alpha value is -0.220. The van der Waals surface area contributed by atoms with E-state index < -0.39 is 0 Å². The van der Waals surface area contributed by atoms with Crippen LogP contribution in [0.1, 0.15) is 33.1 Å². The predicted octanol–water partition coefficient (Wildman–Crippen LogP) is 1.18. The van der Waals surface area contributed by atoms with Crippen LogP contribution in [0.4, 0.5) is 0 Å². The summed E-state index contributed by atoms with van der Waals surface area (Å²) >= 11 is 1.86. The summed E-state index contributed by atoms with van der Waals surface area (Å²) in [5.74, 6) is 0.151. The van der Waals surface area contributed by atoms with Crippen molar-refractivity contribution in [3.63, 3.8) is 0 Å². The lowest BCUT2D eigenvalue weighted by atomic mass is 10.0. The second kappa shape index (κ2) is 3.42. The van der Waals surface area contributed by atoms with E-state index in [1.807, 2.05) is 16.7 Å². The SMILES string of the molecule is CC1(C)S[C@H]2CCCCN2C(=O)[C@H]1N. The molecule has 80 valence electrons. The fourth-order valence-electron chi connectivity index (χ4n) is 2.18. The van der Waals surface area contributed by atoms with Crippen molar-refractivity contribution in [1.29, 1.82) is 0 Å². The van der Waals surface area contributed by atoms with Crippen molar-refractivity contribution in [3.8, 4) is 0 Å². The van der Waals surface area contributed by atoms with E-state index in [0.717, 1.165) is 19.4 Å². The maximum absolute atomic E-state index is 12.0. The average molecular weight is 214 g/mol. The van der Waals surface area contributed by atoms with Crippen LogP contribution in [0, 0.1) is 0 Å². The summed E-state index contributed by atoms with van der Waals surface area (Å²) in [6.07, 6.45) is 3.51. The number of hydrogen-bond donors (Lipinski definition) is 1. The normalized spacial score (nSPS) is 36.8. The minimum absolute atomic E-state index is 0.102. The van der Waals surface area contributed by atoms with Gasteiger partial charge in [0.2, 0.25) is 5.91 Å². The van der Waals surface area contributed by atoms with Crippen LogP contribution in [0.5, 0.6) is 0 Å². The van der Waals surface area contributed by atoms with Gasteiger partial charge in [-0.1, -0.05) is 0 Å². The van der Waals surface area contributed by atoms with Crippen LogP contribution in [-0.4, -0.2) is 33.5 Å². The maximum Gasteiger partial charge on any atom is 0.241 e. The number of thioether (sulfide) groups is 1. The van der Waals surface area contributed by atoms with Gasteiger partial charge in [0.1, 0.15) is 0 Å². The van der Waals surface area contributed by atoms with E-state index in [4.69, 9.17) is 5.73 Å². The highest BCUT2D eigenvalue weighted by atomic mass is 32.2. The Bertz CT molecular complexity index is 255. The Kier molecular flexibility index (Phi) is 2.52. The monoisotopic (exact) mass is 214 g/mol. The molecule has 0 aromatic heterocycles. The van der Waals surface area contributed by atoms with Crippen LogP contribution in [0.15, 0.2) is 0 Å². The Balaban J connectivity index is 2.20. The second-order valence-corrected chi connectivity index (χ2v) is 6.51. The maximum atomic E-state index is 12.0. The molecule has 4 heteroatoms. The Morgan fingerprint density at radius 2 is 2.21 bits per heavy atom. The minimum atomic E-state index is -0.332. The Labute approximate surface area is 89.4 Å². The molecular formula is C10H18N2OS. The van der Waals surface area contributed by atoms with Gasteiger partial charge in [-0.05, 0) is 33.1 Å². The first kappa shape index (κ1) is 10.3. The predicted molar refractivity (Wildman–Crippen MR) is 59.0 cm³/mol. The van der Waals surface area contributed by atoms with Gasteiger partial charge in [-0.3, -0.25) is 4.79 Å². The third-order valence-corrected chi connectivity index (χ3v) is 4.81. The molecule has 3 nitrogen and oxygen atoms in total. The summed E-state index contributed by atoms with van der Waals surface area (Å²) in [6.45, 7) is 5.05. The summed E-state index contributed by atoms with van der Waals surface area (Å²) in [7, 11) is 0. The lowest BCUT2D eigenvalue weighted by molar-refractivity contribution is -0.135. The van der Waals surface area contributed by atoms with Gasteiger partial charge in [0.25, 0.3) is 0 Å². The van der Waals surface area contributed by atoms with Crippen LogP contribution >= 0.6 is 11.8 Å². The molecule has 0 aliphatic carbocycles. The number of fused-ring (bicyclic) bond motifs is 1. The summed E-state index contributed by atoms with van der Waals surface area (Å²) in [4.78, 5) is 13.9. The second-order valence-electron chi connectivity index (χ2n) is 4.68. The van der Waals surface area contributed by atoms with E-state index in [0.29, 0.717) is 5.37 Å². The molecule has 2 aliphatic heterocycles. The molecule has 0 unspecified atom stereocenters. The van der Waals surface area contributed by atoms with Crippen molar-refractivity contribution in [2.75, 3.05) is 6.54 Å². The third kappa shape index (κ3) is 1.54. The van der Waals surface area contributed by atoms with Gasteiger partial charge in [-0.2, -0.15) is 0 Å². The van der Waals surface area contributed by atoms with E-state index in [1.165, 1.54) is 6.42 Å². The molecule has 2 N–H and O–H groups in total. The fraction of sp³-hybridized carbons (Fsp3) is 0.900. The first-order chi connectivity index (χ1) is 6.52. The van der Waals surface area contributed by atoms with Gasteiger partial charge in [0.15, 0.2) is 0 Å². The summed E-state index contributed by atoms with van der Waals surface area (Å²) in [6, 6.07) is -0.332. The number of carbonyl (C=O) groups excluding carboxylic acids is 1. The summed E-state index contributed by atoms with van der Waals surface area (Å²) in [5.41, 5.74) is 5.95. The highest BCUT2D eigenvalue weighted by Crippen LogP contribution is 2.41. The zero-order valence-corrected chi connectivity index (χ0v) is 9.64. The molecule has 2 aliphatic rings. The summed E-state index contributed by atoms with van der Waals surface area (Å²) < 4.78 is -0.102. The molecule has 2 saturated heterocycles. The van der Waals surface area contributed by atoms with Crippen LogP contribution in [0.25, 0.3) is 0 Å². The van der Waals surface area contributed by atoms with E-state index in [1.54, 1.807) is 0 Å². The number of piperidine rings is 1. The largest absolute Gasteiger partial charge is 0.329 e. The molecule has 1 amide bonds. The molecule has 0 radical (unpaired) electrons. The number of hydrogen-bond acceptors (Lipinski definition) is 3. The van der Waals surface area contributed by atoms with Crippen molar-refractivity contribution >= 4 is 17.7 Å². The van der Waals surface area contributed by atoms with E-state index in [9.17, 15) is 4.79 Å².